The Bertz CT molecular complexity index is 879. The lowest BCUT2D eigenvalue weighted by Crippen LogP contribution is -2.50. The van der Waals surface area contributed by atoms with Crippen molar-refractivity contribution in [3.8, 4) is 11.5 Å². The molecule has 2 aliphatic rings. The third-order valence-corrected chi connectivity index (χ3v) is 4.92. The maximum absolute atomic E-state index is 12.7. The van der Waals surface area contributed by atoms with Crippen molar-refractivity contribution in [2.45, 2.75) is 6.18 Å². The van der Waals surface area contributed by atoms with Gasteiger partial charge in [-0.05, 0) is 36.4 Å². The number of hydrogen-bond acceptors (Lipinski definition) is 4. The third-order valence-electron chi connectivity index (χ3n) is 4.92. The minimum Gasteiger partial charge on any atom is -0.486 e. The van der Waals surface area contributed by atoms with E-state index < -0.39 is 11.7 Å². The average Bonchev–Trinajstić information content (AvgIpc) is 2.73. The summed E-state index contributed by atoms with van der Waals surface area (Å²) in [5.74, 6) is 1.25. The summed E-state index contributed by atoms with van der Waals surface area (Å²) in [7, 11) is 0. The topological polar surface area (TPSA) is 54.0 Å². The Morgan fingerprint density at radius 1 is 0.897 bits per heavy atom. The molecular weight excluding hydrogens is 387 g/mol. The number of ether oxygens (including phenoxy) is 2. The molecule has 0 spiro atoms. The highest BCUT2D eigenvalue weighted by Crippen LogP contribution is 2.33. The third kappa shape index (κ3) is 4.33. The monoisotopic (exact) mass is 407 g/mol. The Morgan fingerprint density at radius 2 is 1.55 bits per heavy atom. The molecule has 9 heteroatoms. The van der Waals surface area contributed by atoms with Crippen molar-refractivity contribution in [2.75, 3.05) is 49.6 Å². The van der Waals surface area contributed by atoms with E-state index in [0.29, 0.717) is 62.3 Å². The van der Waals surface area contributed by atoms with Gasteiger partial charge >= 0.3 is 12.2 Å². The maximum atomic E-state index is 12.7. The fraction of sp³-hybridized carbons (Fsp3) is 0.350. The zero-order chi connectivity index (χ0) is 20.4. The number of fused-ring (bicyclic) bond motifs is 1. The van der Waals surface area contributed by atoms with Gasteiger partial charge in [-0.1, -0.05) is 0 Å². The summed E-state index contributed by atoms with van der Waals surface area (Å²) in [6, 6.07) is 10.1. The van der Waals surface area contributed by atoms with Crippen LogP contribution in [0.5, 0.6) is 11.5 Å². The normalized spacial score (nSPS) is 16.5. The molecule has 0 atom stereocenters. The van der Waals surface area contributed by atoms with Gasteiger partial charge in [0.2, 0.25) is 0 Å². The number of alkyl halides is 3. The van der Waals surface area contributed by atoms with Crippen LogP contribution in [0.1, 0.15) is 5.56 Å². The van der Waals surface area contributed by atoms with E-state index in [4.69, 9.17) is 9.47 Å². The van der Waals surface area contributed by atoms with Crippen LogP contribution in [0.15, 0.2) is 42.5 Å². The standard InChI is InChI=1S/C20H20F3N3O3/c21-20(22,23)14-1-4-16(5-2-14)25-7-9-26(10-8-25)19(27)24-15-3-6-17-18(13-15)29-12-11-28-17/h1-6,13H,7-12H2,(H,24,27). The van der Waals surface area contributed by atoms with E-state index in [-0.39, 0.29) is 6.03 Å². The van der Waals surface area contributed by atoms with Gasteiger partial charge in [0, 0.05) is 43.6 Å². The van der Waals surface area contributed by atoms with Crippen LogP contribution in [0.25, 0.3) is 0 Å². The van der Waals surface area contributed by atoms with Crippen LogP contribution in [-0.4, -0.2) is 50.3 Å². The first-order valence-corrected chi connectivity index (χ1v) is 9.28. The predicted octanol–water partition coefficient (Wildman–Crippen LogP) is 3.83. The maximum Gasteiger partial charge on any atom is 0.416 e. The van der Waals surface area contributed by atoms with Crippen molar-refractivity contribution in [3.63, 3.8) is 0 Å². The Morgan fingerprint density at radius 3 is 2.21 bits per heavy atom. The molecule has 1 fully saturated rings. The number of carbonyl (C=O) groups is 1. The van der Waals surface area contributed by atoms with Crippen molar-refractivity contribution in [3.05, 3.63) is 48.0 Å². The molecule has 0 radical (unpaired) electrons. The molecule has 1 saturated heterocycles. The Kier molecular flexibility index (Phi) is 5.12. The zero-order valence-electron chi connectivity index (χ0n) is 15.5. The SMILES string of the molecule is O=C(Nc1ccc2c(c1)OCCO2)N1CCN(c2ccc(C(F)(F)F)cc2)CC1. The zero-order valence-corrected chi connectivity index (χ0v) is 15.5. The fourth-order valence-corrected chi connectivity index (χ4v) is 3.35. The van der Waals surface area contributed by atoms with E-state index in [9.17, 15) is 18.0 Å². The first-order chi connectivity index (χ1) is 13.9. The second-order valence-corrected chi connectivity index (χ2v) is 6.81. The number of nitrogens with zero attached hydrogens (tertiary/aromatic N) is 2. The molecule has 0 saturated carbocycles. The Labute approximate surface area is 165 Å². The molecule has 4 rings (SSSR count). The van der Waals surface area contributed by atoms with E-state index >= 15 is 0 Å². The first kappa shape index (κ1) is 19.2. The lowest BCUT2D eigenvalue weighted by Gasteiger charge is -2.36. The summed E-state index contributed by atoms with van der Waals surface area (Å²) >= 11 is 0. The van der Waals surface area contributed by atoms with Gasteiger partial charge in [0.1, 0.15) is 13.2 Å². The quantitative estimate of drug-likeness (QED) is 0.822. The Balaban J connectivity index is 1.33. The summed E-state index contributed by atoms with van der Waals surface area (Å²) in [4.78, 5) is 16.2. The molecule has 2 aromatic rings. The van der Waals surface area contributed by atoms with Crippen LogP contribution in [0, 0.1) is 0 Å². The molecule has 6 nitrogen and oxygen atoms in total. The minimum absolute atomic E-state index is 0.228. The van der Waals surface area contributed by atoms with E-state index in [0.717, 1.165) is 12.1 Å². The number of carbonyl (C=O) groups excluding carboxylic acids is 1. The highest BCUT2D eigenvalue weighted by molar-refractivity contribution is 5.90. The largest absolute Gasteiger partial charge is 0.486 e. The van der Waals surface area contributed by atoms with Gasteiger partial charge in [0.25, 0.3) is 0 Å². The van der Waals surface area contributed by atoms with Gasteiger partial charge in [0.05, 0.1) is 5.56 Å². The molecule has 2 aliphatic heterocycles. The second-order valence-electron chi connectivity index (χ2n) is 6.81. The number of halogens is 3. The van der Waals surface area contributed by atoms with Crippen LogP contribution >= 0.6 is 0 Å². The summed E-state index contributed by atoms with van der Waals surface area (Å²) < 4.78 is 49.1. The molecule has 1 N–H and O–H groups in total. The number of anilines is 2. The van der Waals surface area contributed by atoms with E-state index in [2.05, 4.69) is 5.32 Å². The van der Waals surface area contributed by atoms with Crippen LogP contribution in [0.4, 0.5) is 29.3 Å². The molecule has 0 aromatic heterocycles. The summed E-state index contributed by atoms with van der Waals surface area (Å²) in [6.07, 6.45) is -4.34. The second kappa shape index (κ2) is 7.73. The van der Waals surface area contributed by atoms with Gasteiger partial charge in [-0.25, -0.2) is 4.79 Å². The molecule has 2 aromatic carbocycles. The van der Waals surface area contributed by atoms with E-state index in [1.165, 1.54) is 12.1 Å². The number of hydrogen-bond donors (Lipinski definition) is 1. The highest BCUT2D eigenvalue weighted by atomic mass is 19.4. The summed E-state index contributed by atoms with van der Waals surface area (Å²) in [6.45, 7) is 2.99. The molecule has 0 unspecified atom stereocenters. The summed E-state index contributed by atoms with van der Waals surface area (Å²) in [5.41, 5.74) is 0.660. The van der Waals surface area contributed by atoms with Crippen molar-refractivity contribution < 1.29 is 27.4 Å². The molecule has 2 heterocycles. The van der Waals surface area contributed by atoms with Gasteiger partial charge in [0.15, 0.2) is 11.5 Å². The van der Waals surface area contributed by atoms with Gasteiger partial charge in [-0.2, -0.15) is 13.2 Å². The van der Waals surface area contributed by atoms with E-state index in [1.807, 2.05) is 4.90 Å². The number of rotatable bonds is 2. The highest BCUT2D eigenvalue weighted by Gasteiger charge is 2.30. The van der Waals surface area contributed by atoms with Gasteiger partial charge in [-0.3, -0.25) is 0 Å². The smallest absolute Gasteiger partial charge is 0.416 e. The van der Waals surface area contributed by atoms with Crippen molar-refractivity contribution >= 4 is 17.4 Å². The summed E-state index contributed by atoms with van der Waals surface area (Å²) in [5, 5.41) is 2.85. The number of nitrogens with one attached hydrogen (secondary N) is 1. The molecule has 0 bridgehead atoms. The molecule has 2 amide bonds. The van der Waals surface area contributed by atoms with Gasteiger partial charge in [-0.15, -0.1) is 0 Å². The first-order valence-electron chi connectivity index (χ1n) is 9.28. The number of piperazine rings is 1. The van der Waals surface area contributed by atoms with Crippen molar-refractivity contribution in [1.29, 1.82) is 0 Å². The van der Waals surface area contributed by atoms with Crippen LogP contribution in [-0.2, 0) is 6.18 Å². The minimum atomic E-state index is -4.34. The fourth-order valence-electron chi connectivity index (χ4n) is 3.35. The molecule has 154 valence electrons. The van der Waals surface area contributed by atoms with E-state index in [1.54, 1.807) is 23.1 Å². The number of benzene rings is 2. The van der Waals surface area contributed by atoms with Crippen molar-refractivity contribution in [1.82, 2.24) is 4.90 Å². The average molecular weight is 407 g/mol. The number of urea groups is 1. The molecule has 0 aliphatic carbocycles. The molecular formula is C20H20F3N3O3. The van der Waals surface area contributed by atoms with Crippen molar-refractivity contribution in [2.24, 2.45) is 0 Å². The lowest BCUT2D eigenvalue weighted by atomic mass is 10.1. The Hall–Kier alpha value is -3.10. The predicted molar refractivity (Wildman–Crippen MR) is 102 cm³/mol. The van der Waals surface area contributed by atoms with Crippen LogP contribution in [0.2, 0.25) is 0 Å². The van der Waals surface area contributed by atoms with Gasteiger partial charge < -0.3 is 24.6 Å². The molecule has 29 heavy (non-hydrogen) atoms. The number of amides is 2. The lowest BCUT2D eigenvalue weighted by molar-refractivity contribution is -0.137. The van der Waals surface area contributed by atoms with Crippen LogP contribution < -0.4 is 19.7 Å². The van der Waals surface area contributed by atoms with Crippen LogP contribution in [0.3, 0.4) is 0 Å².